The molecule has 2 fully saturated rings. The summed E-state index contributed by atoms with van der Waals surface area (Å²) in [7, 11) is 0. The van der Waals surface area contributed by atoms with Crippen molar-refractivity contribution >= 4 is 5.91 Å². The number of aromatic nitrogens is 2. The van der Waals surface area contributed by atoms with Crippen molar-refractivity contribution in [3.63, 3.8) is 0 Å². The van der Waals surface area contributed by atoms with E-state index in [1.54, 1.807) is 0 Å². The number of nitrogens with one attached hydrogen (secondary N) is 1. The minimum Gasteiger partial charge on any atom is -0.376 e. The van der Waals surface area contributed by atoms with Crippen LogP contribution in [0.2, 0.25) is 0 Å². The Bertz CT molecular complexity index is 853. The van der Waals surface area contributed by atoms with Crippen molar-refractivity contribution in [2.24, 2.45) is 0 Å². The molecule has 0 unspecified atom stereocenters. The average molecular weight is 382 g/mol. The van der Waals surface area contributed by atoms with E-state index >= 15 is 0 Å². The molecule has 4 rings (SSSR count). The normalized spacial score (nSPS) is 24.1. The van der Waals surface area contributed by atoms with Crippen LogP contribution in [-0.2, 0) is 21.5 Å². The Morgan fingerprint density at radius 3 is 2.82 bits per heavy atom. The van der Waals surface area contributed by atoms with E-state index in [2.05, 4.69) is 59.9 Å². The first-order valence-electron chi connectivity index (χ1n) is 10.4. The van der Waals surface area contributed by atoms with Crippen LogP contribution in [0.3, 0.4) is 0 Å². The Balaban J connectivity index is 1.51. The quantitative estimate of drug-likeness (QED) is 0.821. The zero-order valence-corrected chi connectivity index (χ0v) is 17.2. The van der Waals surface area contributed by atoms with Crippen LogP contribution < -0.4 is 5.32 Å². The van der Waals surface area contributed by atoms with Crippen molar-refractivity contribution in [3.8, 4) is 0 Å². The number of hydrogen-bond donors (Lipinski definition) is 1. The van der Waals surface area contributed by atoms with E-state index in [0.717, 1.165) is 18.5 Å². The first-order chi connectivity index (χ1) is 13.4. The maximum atomic E-state index is 13.0. The van der Waals surface area contributed by atoms with E-state index in [0.29, 0.717) is 25.6 Å². The number of aryl methyl sites for hydroxylation is 1. The van der Waals surface area contributed by atoms with Gasteiger partial charge in [0.15, 0.2) is 0 Å². The van der Waals surface area contributed by atoms with Crippen LogP contribution in [-0.4, -0.2) is 27.7 Å². The molecule has 1 N–H and O–H groups in total. The molecule has 1 aliphatic carbocycles. The summed E-state index contributed by atoms with van der Waals surface area (Å²) in [5, 5.41) is 3.16. The Kier molecular flexibility index (Phi) is 5.04. The van der Waals surface area contributed by atoms with Crippen LogP contribution in [0, 0.1) is 6.92 Å². The van der Waals surface area contributed by atoms with Gasteiger partial charge in [-0.2, -0.15) is 0 Å². The lowest BCUT2D eigenvalue weighted by atomic mass is 9.66. The largest absolute Gasteiger partial charge is 0.376 e. The van der Waals surface area contributed by atoms with Gasteiger partial charge < -0.3 is 14.6 Å². The van der Waals surface area contributed by atoms with Crippen molar-refractivity contribution in [1.29, 1.82) is 0 Å². The first-order valence-corrected chi connectivity index (χ1v) is 10.4. The summed E-state index contributed by atoms with van der Waals surface area (Å²) in [5.41, 5.74) is 3.21. The van der Waals surface area contributed by atoms with Crippen molar-refractivity contribution in [3.05, 3.63) is 53.6 Å². The monoisotopic (exact) mass is 381 g/mol. The Hall–Kier alpha value is -2.14. The molecular weight excluding hydrogens is 350 g/mol. The molecule has 28 heavy (non-hydrogen) atoms. The zero-order valence-electron chi connectivity index (χ0n) is 17.2. The highest BCUT2D eigenvalue weighted by Crippen LogP contribution is 2.45. The Labute approximate surface area is 167 Å². The van der Waals surface area contributed by atoms with E-state index in [1.807, 2.05) is 12.5 Å². The average Bonchev–Trinajstić information content (AvgIpc) is 3.37. The van der Waals surface area contributed by atoms with E-state index < -0.39 is 0 Å². The number of hydrogen-bond acceptors (Lipinski definition) is 3. The van der Waals surface area contributed by atoms with Gasteiger partial charge in [-0.3, -0.25) is 4.79 Å². The molecule has 2 heterocycles. The van der Waals surface area contributed by atoms with Crippen molar-refractivity contribution in [1.82, 2.24) is 14.9 Å². The van der Waals surface area contributed by atoms with Gasteiger partial charge in [-0.25, -0.2) is 4.98 Å². The molecule has 5 heteroatoms. The number of nitrogens with zero attached hydrogens (tertiary/aromatic N) is 2. The van der Waals surface area contributed by atoms with Crippen molar-refractivity contribution in [2.75, 3.05) is 6.61 Å². The summed E-state index contributed by atoms with van der Waals surface area (Å²) in [6.07, 6.45) is 8.38. The summed E-state index contributed by atoms with van der Waals surface area (Å²) in [6, 6.07) is 9.05. The molecule has 2 aromatic rings. The molecule has 0 spiro atoms. The van der Waals surface area contributed by atoms with Gasteiger partial charge in [0.2, 0.25) is 5.91 Å². The molecule has 0 bridgehead atoms. The fraction of sp³-hybridized carbons (Fsp3) is 0.565. The Morgan fingerprint density at radius 1 is 1.32 bits per heavy atom. The van der Waals surface area contributed by atoms with Gasteiger partial charge in [-0.1, -0.05) is 24.3 Å². The van der Waals surface area contributed by atoms with Gasteiger partial charge in [0.25, 0.3) is 0 Å². The minimum atomic E-state index is -0.231. The SMILES string of the molecule is Cc1ccccc1[C@@]1(CC(=O)NCc2cncn2C2CC2)CCOC(C)(C)C1. The fourth-order valence-corrected chi connectivity index (χ4v) is 4.83. The van der Waals surface area contributed by atoms with Crippen molar-refractivity contribution in [2.45, 2.75) is 76.5 Å². The number of benzene rings is 1. The van der Waals surface area contributed by atoms with Crippen LogP contribution in [0.15, 0.2) is 36.8 Å². The number of imidazole rings is 1. The second kappa shape index (κ2) is 7.36. The maximum absolute atomic E-state index is 13.0. The van der Waals surface area contributed by atoms with Crippen LogP contribution in [0.4, 0.5) is 0 Å². The lowest BCUT2D eigenvalue weighted by Gasteiger charge is -2.45. The smallest absolute Gasteiger partial charge is 0.221 e. The van der Waals surface area contributed by atoms with Gasteiger partial charge >= 0.3 is 0 Å². The maximum Gasteiger partial charge on any atom is 0.221 e. The molecule has 1 atom stereocenters. The standard InChI is InChI=1S/C23H31N3O2/c1-17-6-4-5-7-20(17)23(10-11-28-22(2,3)15-23)12-21(27)25-14-19-13-24-16-26(19)18-8-9-18/h4-7,13,16,18H,8-12,14-15H2,1-3H3,(H,25,27)/t23-/m1/s1. The second-order valence-electron chi connectivity index (χ2n) is 9.11. The van der Waals surface area contributed by atoms with Gasteiger partial charge in [-0.15, -0.1) is 0 Å². The molecular formula is C23H31N3O2. The van der Waals surface area contributed by atoms with Crippen LogP contribution in [0.25, 0.3) is 0 Å². The number of ether oxygens (including phenoxy) is 1. The summed E-state index contributed by atoms with van der Waals surface area (Å²) < 4.78 is 8.19. The third-order valence-electron chi connectivity index (χ3n) is 6.21. The van der Waals surface area contributed by atoms with Gasteiger partial charge in [0, 0.05) is 30.7 Å². The summed E-state index contributed by atoms with van der Waals surface area (Å²) >= 11 is 0. The third kappa shape index (κ3) is 4.00. The minimum absolute atomic E-state index is 0.101. The highest BCUT2D eigenvalue weighted by atomic mass is 16.5. The summed E-state index contributed by atoms with van der Waals surface area (Å²) in [5.74, 6) is 0.101. The van der Waals surface area contributed by atoms with Crippen LogP contribution in [0.5, 0.6) is 0 Å². The van der Waals surface area contributed by atoms with Gasteiger partial charge in [0.05, 0.1) is 24.2 Å². The van der Waals surface area contributed by atoms with E-state index in [1.165, 1.54) is 24.0 Å². The first kappa shape index (κ1) is 19.2. The molecule has 1 aromatic heterocycles. The van der Waals surface area contributed by atoms with Crippen molar-refractivity contribution < 1.29 is 9.53 Å². The lowest BCUT2D eigenvalue weighted by molar-refractivity contribution is -0.126. The predicted octanol–water partition coefficient (Wildman–Crippen LogP) is 4.06. The highest BCUT2D eigenvalue weighted by Gasteiger charge is 2.44. The number of carbonyl (C=O) groups is 1. The molecule has 150 valence electrons. The molecule has 1 saturated heterocycles. The van der Waals surface area contributed by atoms with Gasteiger partial charge in [-0.05, 0) is 57.6 Å². The number of carbonyl (C=O) groups excluding carboxylic acids is 1. The molecule has 1 aromatic carbocycles. The summed E-state index contributed by atoms with van der Waals surface area (Å²) in [6.45, 7) is 7.63. The highest BCUT2D eigenvalue weighted by molar-refractivity contribution is 5.77. The molecule has 1 saturated carbocycles. The second-order valence-corrected chi connectivity index (χ2v) is 9.11. The molecule has 1 amide bonds. The Morgan fingerprint density at radius 2 is 2.11 bits per heavy atom. The number of amides is 1. The van der Waals surface area contributed by atoms with Crippen LogP contribution >= 0.6 is 0 Å². The van der Waals surface area contributed by atoms with E-state index in [9.17, 15) is 4.79 Å². The fourth-order valence-electron chi connectivity index (χ4n) is 4.83. The van der Waals surface area contributed by atoms with Crippen LogP contribution in [0.1, 0.15) is 68.8 Å². The lowest BCUT2D eigenvalue weighted by Crippen LogP contribution is -2.46. The predicted molar refractivity (Wildman–Crippen MR) is 109 cm³/mol. The topological polar surface area (TPSA) is 56.2 Å². The molecule has 0 radical (unpaired) electrons. The molecule has 2 aliphatic rings. The third-order valence-corrected chi connectivity index (χ3v) is 6.21. The van der Waals surface area contributed by atoms with E-state index in [-0.39, 0.29) is 16.9 Å². The van der Waals surface area contributed by atoms with Gasteiger partial charge in [0.1, 0.15) is 0 Å². The molecule has 5 nitrogen and oxygen atoms in total. The zero-order chi connectivity index (χ0) is 19.8. The van der Waals surface area contributed by atoms with E-state index in [4.69, 9.17) is 4.74 Å². The summed E-state index contributed by atoms with van der Waals surface area (Å²) in [4.78, 5) is 17.3. The number of rotatable bonds is 6. The molecule has 1 aliphatic heterocycles.